The number of ether oxygens (including phenoxy) is 1. The molecule has 48 heavy (non-hydrogen) atoms. The van der Waals surface area contributed by atoms with Gasteiger partial charge in [-0.25, -0.2) is 9.97 Å². The van der Waals surface area contributed by atoms with Crippen LogP contribution in [-0.2, 0) is 16.1 Å². The van der Waals surface area contributed by atoms with E-state index in [1.807, 2.05) is 6.20 Å². The summed E-state index contributed by atoms with van der Waals surface area (Å²) in [5, 5.41) is 4.42. The second kappa shape index (κ2) is 14.6. The van der Waals surface area contributed by atoms with Gasteiger partial charge in [0.2, 0.25) is 11.8 Å². The van der Waals surface area contributed by atoms with Crippen LogP contribution < -0.4 is 15.0 Å². The Morgan fingerprint density at radius 3 is 2.48 bits per heavy atom. The molecule has 0 saturated heterocycles. The minimum atomic E-state index is -0.0426. The fraction of sp³-hybridized carbons (Fsp3) is 0.487. The van der Waals surface area contributed by atoms with E-state index in [-0.39, 0.29) is 30.3 Å². The molecule has 4 aromatic rings. The number of nitrogens with zero attached hydrogens (tertiary/aromatic N) is 4. The van der Waals surface area contributed by atoms with Gasteiger partial charge in [-0.2, -0.15) is 0 Å². The lowest BCUT2D eigenvalue weighted by Gasteiger charge is -2.36. The van der Waals surface area contributed by atoms with Crippen LogP contribution in [0.15, 0.2) is 67.4 Å². The summed E-state index contributed by atoms with van der Waals surface area (Å²) >= 11 is 1.79. The molecule has 2 heterocycles. The van der Waals surface area contributed by atoms with Crippen LogP contribution in [0.25, 0.3) is 10.4 Å². The maximum absolute atomic E-state index is 14.5. The van der Waals surface area contributed by atoms with Gasteiger partial charge in [0, 0.05) is 48.7 Å². The normalized spacial score (nSPS) is 22.6. The summed E-state index contributed by atoms with van der Waals surface area (Å²) in [5.74, 6) is 2.76. The highest BCUT2D eigenvalue weighted by Crippen LogP contribution is 2.44. The summed E-state index contributed by atoms with van der Waals surface area (Å²) in [6, 6.07) is 15.3. The number of methoxy groups -OCH3 is 1. The largest absolute Gasteiger partial charge is 0.496 e. The van der Waals surface area contributed by atoms with Crippen molar-refractivity contribution in [2.75, 3.05) is 18.6 Å². The lowest BCUT2D eigenvalue weighted by atomic mass is 9.78. The van der Waals surface area contributed by atoms with E-state index < -0.39 is 0 Å². The third kappa shape index (κ3) is 7.67. The Morgan fingerprint density at radius 2 is 1.77 bits per heavy atom. The fourth-order valence-electron chi connectivity index (χ4n) is 7.71. The fourth-order valence-corrected chi connectivity index (χ4v) is 8.79. The number of hydrogen-bond donors (Lipinski definition) is 1. The van der Waals surface area contributed by atoms with E-state index in [2.05, 4.69) is 64.6 Å². The summed E-state index contributed by atoms with van der Waals surface area (Å²) in [6.45, 7) is 3.13. The first-order chi connectivity index (χ1) is 23.4. The molecule has 2 amide bonds. The van der Waals surface area contributed by atoms with Crippen molar-refractivity contribution in [3.05, 3.63) is 83.5 Å². The second-order valence-corrected chi connectivity index (χ2v) is 15.2. The molecule has 2 aromatic heterocycles. The van der Waals surface area contributed by atoms with Gasteiger partial charge in [0.1, 0.15) is 12.3 Å². The van der Waals surface area contributed by atoms with Crippen molar-refractivity contribution in [3.63, 3.8) is 0 Å². The topological polar surface area (TPSA) is 89.4 Å². The molecule has 3 saturated carbocycles. The van der Waals surface area contributed by atoms with Crippen molar-refractivity contribution < 1.29 is 14.3 Å². The van der Waals surface area contributed by atoms with Crippen LogP contribution in [0.5, 0.6) is 5.75 Å². The molecule has 1 N–H and O–H groups in total. The SMILES string of the molecule is COc1ccc([C@H]2CC[C@H](CN(c3cccc(-c4cnc(C5CC5)s4)c3)C(=O)[C@H]3CC[C@H](NC(=O)Cn4ccnc4)CC3)CC2)cc1C. The molecule has 8 nitrogen and oxygen atoms in total. The highest BCUT2D eigenvalue weighted by molar-refractivity contribution is 7.15. The average molecular weight is 666 g/mol. The van der Waals surface area contributed by atoms with Crippen molar-refractivity contribution >= 4 is 28.8 Å². The lowest BCUT2D eigenvalue weighted by Crippen LogP contribution is -2.44. The number of rotatable bonds is 11. The Bertz CT molecular complexity index is 1700. The summed E-state index contributed by atoms with van der Waals surface area (Å²) in [5.41, 5.74) is 4.71. The van der Waals surface area contributed by atoms with Gasteiger partial charge in [-0.3, -0.25) is 9.59 Å². The van der Waals surface area contributed by atoms with Gasteiger partial charge in [-0.15, -0.1) is 11.3 Å². The van der Waals surface area contributed by atoms with E-state index in [0.29, 0.717) is 17.8 Å². The molecular formula is C39H47N5O3S. The number of hydrogen-bond acceptors (Lipinski definition) is 6. The summed E-state index contributed by atoms with van der Waals surface area (Å²) in [4.78, 5) is 39.1. The van der Waals surface area contributed by atoms with Crippen molar-refractivity contribution in [2.45, 2.75) is 95.6 Å². The maximum atomic E-state index is 14.5. The molecule has 0 unspecified atom stereocenters. The van der Waals surface area contributed by atoms with Crippen molar-refractivity contribution in [3.8, 4) is 16.2 Å². The first-order valence-electron chi connectivity index (χ1n) is 17.7. The third-order valence-electron chi connectivity index (χ3n) is 10.7. The molecular weight excluding hydrogens is 619 g/mol. The monoisotopic (exact) mass is 665 g/mol. The van der Waals surface area contributed by atoms with Gasteiger partial charge >= 0.3 is 0 Å². The molecule has 0 atom stereocenters. The van der Waals surface area contributed by atoms with Crippen LogP contribution in [0.3, 0.4) is 0 Å². The van der Waals surface area contributed by atoms with E-state index in [0.717, 1.165) is 74.9 Å². The van der Waals surface area contributed by atoms with Crippen LogP contribution in [-0.4, -0.2) is 46.0 Å². The Labute approximate surface area is 287 Å². The molecule has 9 heteroatoms. The summed E-state index contributed by atoms with van der Waals surface area (Å²) in [6.07, 6.45) is 17.3. The van der Waals surface area contributed by atoms with Crippen LogP contribution in [0.1, 0.15) is 92.2 Å². The van der Waals surface area contributed by atoms with Gasteiger partial charge in [-0.05, 0) is 118 Å². The second-order valence-electron chi connectivity index (χ2n) is 14.1. The molecule has 7 rings (SSSR count). The zero-order valence-electron chi connectivity index (χ0n) is 28.1. The van der Waals surface area contributed by atoms with Crippen molar-refractivity contribution in [1.29, 1.82) is 0 Å². The molecule has 0 aliphatic heterocycles. The van der Waals surface area contributed by atoms with Gasteiger partial charge in [0.15, 0.2) is 0 Å². The first kappa shape index (κ1) is 32.6. The third-order valence-corrected chi connectivity index (χ3v) is 11.9. The Hall–Kier alpha value is -3.98. The Balaban J connectivity index is 1.04. The molecule has 0 radical (unpaired) electrons. The minimum absolute atomic E-state index is 0.00506. The Morgan fingerprint density at radius 1 is 0.979 bits per heavy atom. The minimum Gasteiger partial charge on any atom is -0.496 e. The number of benzene rings is 2. The van der Waals surface area contributed by atoms with E-state index in [9.17, 15) is 9.59 Å². The number of nitrogens with one attached hydrogen (secondary N) is 1. The number of anilines is 1. The number of carbonyl (C=O) groups is 2. The molecule has 0 spiro atoms. The summed E-state index contributed by atoms with van der Waals surface area (Å²) < 4.78 is 7.27. The molecule has 2 aromatic carbocycles. The maximum Gasteiger partial charge on any atom is 0.240 e. The molecule has 3 aliphatic rings. The number of thiazole rings is 1. The van der Waals surface area contributed by atoms with E-state index >= 15 is 0 Å². The number of aryl methyl sites for hydroxylation is 1. The molecule has 0 bridgehead atoms. The van der Waals surface area contributed by atoms with Gasteiger partial charge < -0.3 is 19.5 Å². The number of carbonyl (C=O) groups excluding carboxylic acids is 2. The highest BCUT2D eigenvalue weighted by Gasteiger charge is 2.33. The lowest BCUT2D eigenvalue weighted by molar-refractivity contribution is -0.124. The Kier molecular flexibility index (Phi) is 9.93. The summed E-state index contributed by atoms with van der Waals surface area (Å²) in [7, 11) is 1.73. The van der Waals surface area contributed by atoms with Crippen LogP contribution in [0.4, 0.5) is 5.69 Å². The standard InChI is InChI=1S/C39H47N5O3S/c1-26-20-31(14-17-35(26)47-2)28-8-6-27(7-9-28)23-44(34-5-3-4-32(21-34)36-22-41-38(48-36)29-10-11-29)39(46)30-12-15-33(16-13-30)42-37(45)24-43-19-18-40-25-43/h3-5,14,17-22,25,27-30,33H,6-13,15-16,23-24H2,1-2H3,(H,42,45)/t27-,28-,30-,33-. The first-order valence-corrected chi connectivity index (χ1v) is 18.5. The van der Waals surface area contributed by atoms with Gasteiger partial charge in [-0.1, -0.05) is 24.3 Å². The van der Waals surface area contributed by atoms with Crippen molar-refractivity contribution in [2.24, 2.45) is 11.8 Å². The molecule has 3 fully saturated rings. The van der Waals surface area contributed by atoms with E-state index in [1.54, 1.807) is 41.7 Å². The van der Waals surface area contributed by atoms with Crippen LogP contribution in [0, 0.1) is 18.8 Å². The van der Waals surface area contributed by atoms with Gasteiger partial charge in [0.25, 0.3) is 0 Å². The quantitative estimate of drug-likeness (QED) is 0.176. The van der Waals surface area contributed by atoms with E-state index in [1.165, 1.54) is 33.9 Å². The van der Waals surface area contributed by atoms with Crippen molar-refractivity contribution in [1.82, 2.24) is 19.9 Å². The highest BCUT2D eigenvalue weighted by atomic mass is 32.1. The molecule has 252 valence electrons. The predicted molar refractivity (Wildman–Crippen MR) is 190 cm³/mol. The number of imidazole rings is 1. The van der Waals surface area contributed by atoms with E-state index in [4.69, 9.17) is 9.72 Å². The number of amides is 2. The zero-order valence-corrected chi connectivity index (χ0v) is 29.0. The van der Waals surface area contributed by atoms with Crippen LogP contribution >= 0.6 is 11.3 Å². The zero-order chi connectivity index (χ0) is 33.0. The number of aromatic nitrogens is 3. The molecule has 3 aliphatic carbocycles. The predicted octanol–water partition coefficient (Wildman–Crippen LogP) is 7.88. The van der Waals surface area contributed by atoms with Gasteiger partial charge in [0.05, 0.1) is 23.3 Å². The smallest absolute Gasteiger partial charge is 0.240 e. The van der Waals surface area contributed by atoms with Crippen LogP contribution in [0.2, 0.25) is 0 Å². The average Bonchev–Trinajstić information content (AvgIpc) is 3.60.